The zero-order valence-electron chi connectivity index (χ0n) is 9.96. The molecule has 0 aliphatic heterocycles. The molecule has 2 rings (SSSR count). The Morgan fingerprint density at radius 2 is 2.06 bits per heavy atom. The molecule has 4 nitrogen and oxygen atoms in total. The first-order valence-electron chi connectivity index (χ1n) is 5.59. The van der Waals surface area contributed by atoms with Crippen LogP contribution in [0.25, 0.3) is 5.57 Å². The zero-order valence-corrected chi connectivity index (χ0v) is 9.96. The van der Waals surface area contributed by atoms with Crippen LogP contribution in [0.15, 0.2) is 48.1 Å². The smallest absolute Gasteiger partial charge is 0.242 e. The average molecular weight is 240 g/mol. The SMILES string of the molecule is CC1([N+](=O)[O-])C=CC(c2ccccc2)=C(C#N)C1. The van der Waals surface area contributed by atoms with Gasteiger partial charge in [-0.05, 0) is 17.2 Å². The van der Waals surface area contributed by atoms with Gasteiger partial charge >= 0.3 is 0 Å². The Labute approximate surface area is 105 Å². The molecular formula is C14H12N2O2. The largest absolute Gasteiger partial charge is 0.264 e. The summed E-state index contributed by atoms with van der Waals surface area (Å²) >= 11 is 0. The van der Waals surface area contributed by atoms with Crippen LogP contribution in [-0.4, -0.2) is 10.5 Å². The Balaban J connectivity index is 2.45. The standard InChI is InChI=1S/C14H12N2O2/c1-14(16(17)18)8-7-13(12(9-14)10-15)11-5-3-2-4-6-11/h2-8H,9H2,1H3. The molecule has 0 radical (unpaired) electrons. The number of nitrogens with zero attached hydrogens (tertiary/aromatic N) is 2. The third kappa shape index (κ3) is 2.03. The minimum Gasteiger partial charge on any atom is -0.264 e. The van der Waals surface area contributed by atoms with E-state index in [0.29, 0.717) is 5.57 Å². The van der Waals surface area contributed by atoms with Gasteiger partial charge in [0.15, 0.2) is 0 Å². The van der Waals surface area contributed by atoms with Gasteiger partial charge in [0.1, 0.15) is 0 Å². The molecule has 1 aromatic carbocycles. The van der Waals surface area contributed by atoms with E-state index in [4.69, 9.17) is 0 Å². The third-order valence-corrected chi connectivity index (χ3v) is 3.11. The van der Waals surface area contributed by atoms with Gasteiger partial charge in [-0.2, -0.15) is 5.26 Å². The topological polar surface area (TPSA) is 66.9 Å². The van der Waals surface area contributed by atoms with Gasteiger partial charge in [-0.25, -0.2) is 0 Å². The summed E-state index contributed by atoms with van der Waals surface area (Å²) in [5.41, 5.74) is 0.972. The van der Waals surface area contributed by atoms with E-state index in [2.05, 4.69) is 6.07 Å². The molecule has 1 atom stereocenters. The number of nitriles is 1. The summed E-state index contributed by atoms with van der Waals surface area (Å²) in [7, 11) is 0. The van der Waals surface area contributed by atoms with Gasteiger partial charge in [0.2, 0.25) is 5.54 Å². The van der Waals surface area contributed by atoms with Crippen molar-refractivity contribution in [3.05, 3.63) is 63.7 Å². The van der Waals surface area contributed by atoms with Crippen LogP contribution in [0.2, 0.25) is 0 Å². The van der Waals surface area contributed by atoms with Crippen LogP contribution in [0.4, 0.5) is 0 Å². The lowest BCUT2D eigenvalue weighted by Crippen LogP contribution is -2.34. The molecule has 18 heavy (non-hydrogen) atoms. The third-order valence-electron chi connectivity index (χ3n) is 3.11. The fraction of sp³-hybridized carbons (Fsp3) is 0.214. The van der Waals surface area contributed by atoms with Gasteiger partial charge in [0, 0.05) is 17.4 Å². The van der Waals surface area contributed by atoms with Crippen molar-refractivity contribution < 1.29 is 4.92 Å². The van der Waals surface area contributed by atoms with Crippen molar-refractivity contribution in [2.75, 3.05) is 0 Å². The Kier molecular flexibility index (Phi) is 2.99. The highest BCUT2D eigenvalue weighted by Gasteiger charge is 2.38. The van der Waals surface area contributed by atoms with Crippen molar-refractivity contribution in [1.29, 1.82) is 5.26 Å². The number of rotatable bonds is 2. The first kappa shape index (κ1) is 12.1. The molecule has 0 heterocycles. The first-order chi connectivity index (χ1) is 8.57. The van der Waals surface area contributed by atoms with Crippen molar-refractivity contribution in [2.45, 2.75) is 18.9 Å². The minimum absolute atomic E-state index is 0.136. The first-order valence-corrected chi connectivity index (χ1v) is 5.59. The minimum atomic E-state index is -1.18. The molecular weight excluding hydrogens is 228 g/mol. The molecule has 0 amide bonds. The van der Waals surface area contributed by atoms with Crippen LogP contribution in [0.5, 0.6) is 0 Å². The lowest BCUT2D eigenvalue weighted by Gasteiger charge is -2.22. The quantitative estimate of drug-likeness (QED) is 0.589. The summed E-state index contributed by atoms with van der Waals surface area (Å²) in [5.74, 6) is 0. The molecule has 0 bridgehead atoms. The van der Waals surface area contributed by atoms with E-state index in [9.17, 15) is 15.4 Å². The highest BCUT2D eigenvalue weighted by atomic mass is 16.6. The molecule has 0 spiro atoms. The molecule has 0 saturated carbocycles. The summed E-state index contributed by atoms with van der Waals surface area (Å²) < 4.78 is 0. The molecule has 1 unspecified atom stereocenters. The normalized spacial score (nSPS) is 22.7. The number of hydrogen-bond donors (Lipinski definition) is 0. The Morgan fingerprint density at radius 1 is 1.39 bits per heavy atom. The molecule has 0 saturated heterocycles. The van der Waals surface area contributed by atoms with E-state index in [1.807, 2.05) is 30.3 Å². The number of benzene rings is 1. The molecule has 0 fully saturated rings. The fourth-order valence-corrected chi connectivity index (χ4v) is 1.99. The predicted octanol–water partition coefficient (Wildman–Crippen LogP) is 2.96. The van der Waals surface area contributed by atoms with Gasteiger partial charge in [-0.15, -0.1) is 0 Å². The lowest BCUT2D eigenvalue weighted by molar-refractivity contribution is -0.549. The maximum atomic E-state index is 11.0. The lowest BCUT2D eigenvalue weighted by atomic mass is 9.83. The van der Waals surface area contributed by atoms with Gasteiger partial charge < -0.3 is 0 Å². The van der Waals surface area contributed by atoms with Crippen LogP contribution in [0.3, 0.4) is 0 Å². The zero-order chi connectivity index (χ0) is 13.2. The van der Waals surface area contributed by atoms with E-state index in [1.165, 1.54) is 6.92 Å². The number of hydrogen-bond acceptors (Lipinski definition) is 3. The monoisotopic (exact) mass is 240 g/mol. The average Bonchev–Trinajstić information content (AvgIpc) is 2.39. The number of allylic oxidation sites excluding steroid dienone is 2. The van der Waals surface area contributed by atoms with Gasteiger partial charge in [0.05, 0.1) is 12.5 Å². The van der Waals surface area contributed by atoms with Crippen molar-refractivity contribution in [3.8, 4) is 6.07 Å². The van der Waals surface area contributed by atoms with Crippen molar-refractivity contribution in [3.63, 3.8) is 0 Å². The van der Waals surface area contributed by atoms with Crippen LogP contribution in [-0.2, 0) is 0 Å². The second-order valence-electron chi connectivity index (χ2n) is 4.49. The predicted molar refractivity (Wildman–Crippen MR) is 68.1 cm³/mol. The van der Waals surface area contributed by atoms with Crippen LogP contribution in [0, 0.1) is 21.4 Å². The van der Waals surface area contributed by atoms with E-state index < -0.39 is 5.54 Å². The summed E-state index contributed by atoms with van der Waals surface area (Å²) in [6.07, 6.45) is 3.38. The maximum Gasteiger partial charge on any atom is 0.242 e. The second-order valence-corrected chi connectivity index (χ2v) is 4.49. The van der Waals surface area contributed by atoms with Gasteiger partial charge in [0.25, 0.3) is 0 Å². The Bertz CT molecular complexity index is 582. The Morgan fingerprint density at radius 3 is 2.61 bits per heavy atom. The van der Waals surface area contributed by atoms with Gasteiger partial charge in [-0.3, -0.25) is 10.1 Å². The summed E-state index contributed by atoms with van der Waals surface area (Å²) in [6, 6.07) is 11.5. The Hall–Kier alpha value is -2.41. The molecule has 1 aliphatic carbocycles. The number of nitro groups is 1. The second kappa shape index (κ2) is 4.46. The van der Waals surface area contributed by atoms with Crippen molar-refractivity contribution in [2.24, 2.45) is 0 Å². The highest BCUT2D eigenvalue weighted by Crippen LogP contribution is 2.33. The molecule has 1 aromatic rings. The highest BCUT2D eigenvalue weighted by molar-refractivity contribution is 5.80. The van der Waals surface area contributed by atoms with E-state index >= 15 is 0 Å². The molecule has 0 N–H and O–H groups in total. The summed E-state index contributed by atoms with van der Waals surface area (Å²) in [5, 5.41) is 20.2. The van der Waals surface area contributed by atoms with Crippen molar-refractivity contribution >= 4 is 5.57 Å². The maximum absolute atomic E-state index is 11.0. The van der Waals surface area contributed by atoms with E-state index in [-0.39, 0.29) is 11.3 Å². The van der Waals surface area contributed by atoms with Crippen LogP contribution < -0.4 is 0 Å². The van der Waals surface area contributed by atoms with Crippen LogP contribution in [0.1, 0.15) is 18.9 Å². The van der Waals surface area contributed by atoms with Crippen LogP contribution >= 0.6 is 0 Å². The summed E-state index contributed by atoms with van der Waals surface area (Å²) in [4.78, 5) is 10.7. The molecule has 90 valence electrons. The van der Waals surface area contributed by atoms with Gasteiger partial charge in [-0.1, -0.05) is 36.4 Å². The van der Waals surface area contributed by atoms with E-state index in [1.54, 1.807) is 12.2 Å². The molecule has 4 heteroatoms. The fourth-order valence-electron chi connectivity index (χ4n) is 1.99. The van der Waals surface area contributed by atoms with E-state index in [0.717, 1.165) is 11.1 Å². The molecule has 0 aromatic heterocycles. The molecule has 1 aliphatic rings. The van der Waals surface area contributed by atoms with Crippen molar-refractivity contribution in [1.82, 2.24) is 0 Å². The summed E-state index contributed by atoms with van der Waals surface area (Å²) in [6.45, 7) is 1.53.